The van der Waals surface area contributed by atoms with Crippen LogP contribution in [0.15, 0.2) is 63.8 Å². The monoisotopic (exact) mass is 334 g/mol. The molecule has 0 amide bonds. The lowest BCUT2D eigenvalue weighted by atomic mass is 10.1. The molecule has 2 aromatic carbocycles. The van der Waals surface area contributed by atoms with Gasteiger partial charge in [0.25, 0.3) is 0 Å². The molecule has 0 atom stereocenters. The number of allylic oxidation sites excluding steroid dienone is 1. The molecule has 5 heteroatoms. The number of hydrogen-bond acceptors (Lipinski definition) is 4. The Kier molecular flexibility index (Phi) is 4.31. The minimum atomic E-state index is -1.06. The fourth-order valence-electron chi connectivity index (χ4n) is 2.39. The highest BCUT2D eigenvalue weighted by Gasteiger charge is 2.07. The summed E-state index contributed by atoms with van der Waals surface area (Å²) < 4.78 is 5.27. The maximum Gasteiger partial charge on any atom is 0.343 e. The van der Waals surface area contributed by atoms with E-state index in [0.717, 1.165) is 10.9 Å². The van der Waals surface area contributed by atoms with E-state index in [1.807, 2.05) is 19.1 Å². The van der Waals surface area contributed by atoms with Crippen LogP contribution in [-0.4, -0.2) is 16.9 Å². The van der Waals surface area contributed by atoms with E-state index in [4.69, 9.17) is 9.52 Å². The van der Waals surface area contributed by atoms with Crippen molar-refractivity contribution in [2.24, 2.45) is 0 Å². The Hall–Kier alpha value is -3.47. The van der Waals surface area contributed by atoms with Crippen molar-refractivity contribution in [2.75, 3.05) is 0 Å². The molecule has 0 unspecified atom stereocenters. The normalized spacial score (nSPS) is 11.1. The Labute approximate surface area is 142 Å². The number of ketones is 1. The van der Waals surface area contributed by atoms with Gasteiger partial charge in [-0.1, -0.05) is 24.3 Å². The maximum atomic E-state index is 12.2. The highest BCUT2D eigenvalue weighted by molar-refractivity contribution is 6.07. The predicted molar refractivity (Wildman–Crippen MR) is 94.0 cm³/mol. The van der Waals surface area contributed by atoms with Gasteiger partial charge >= 0.3 is 11.6 Å². The number of benzene rings is 2. The molecule has 0 spiro atoms. The molecule has 3 rings (SSSR count). The topological polar surface area (TPSA) is 84.6 Å². The summed E-state index contributed by atoms with van der Waals surface area (Å²) in [7, 11) is 0. The average molecular weight is 334 g/mol. The van der Waals surface area contributed by atoms with E-state index in [-0.39, 0.29) is 16.9 Å². The molecule has 0 saturated heterocycles. The van der Waals surface area contributed by atoms with Crippen molar-refractivity contribution in [3.63, 3.8) is 0 Å². The van der Waals surface area contributed by atoms with Crippen molar-refractivity contribution in [1.82, 2.24) is 0 Å². The van der Waals surface area contributed by atoms with E-state index in [1.165, 1.54) is 36.4 Å². The van der Waals surface area contributed by atoms with Crippen LogP contribution < -0.4 is 5.63 Å². The minimum Gasteiger partial charge on any atom is -0.478 e. The number of aromatic carboxylic acids is 1. The van der Waals surface area contributed by atoms with Gasteiger partial charge in [-0.15, -0.1) is 0 Å². The Morgan fingerprint density at radius 3 is 2.36 bits per heavy atom. The highest BCUT2D eigenvalue weighted by Crippen LogP contribution is 2.16. The average Bonchev–Trinajstić information content (AvgIpc) is 2.59. The van der Waals surface area contributed by atoms with Gasteiger partial charge < -0.3 is 9.52 Å². The number of carboxylic acids is 1. The molecular formula is C20H14O5. The minimum absolute atomic E-state index is 0.103. The summed E-state index contributed by atoms with van der Waals surface area (Å²) in [6.45, 7) is 1.90. The van der Waals surface area contributed by atoms with Gasteiger partial charge in [0.15, 0.2) is 5.78 Å². The number of fused-ring (bicyclic) bond motifs is 1. The van der Waals surface area contributed by atoms with Crippen LogP contribution in [0.1, 0.15) is 31.8 Å². The number of hydrogen-bond donors (Lipinski definition) is 1. The Morgan fingerprint density at radius 1 is 1.00 bits per heavy atom. The summed E-state index contributed by atoms with van der Waals surface area (Å²) in [4.78, 5) is 35.0. The van der Waals surface area contributed by atoms with Crippen LogP contribution in [0.4, 0.5) is 0 Å². The van der Waals surface area contributed by atoms with Crippen molar-refractivity contribution < 1.29 is 19.1 Å². The first kappa shape index (κ1) is 16.4. The predicted octanol–water partition coefficient (Wildman–Crippen LogP) is 3.70. The van der Waals surface area contributed by atoms with E-state index < -0.39 is 11.6 Å². The molecule has 0 saturated carbocycles. The van der Waals surface area contributed by atoms with Crippen LogP contribution in [0.5, 0.6) is 0 Å². The molecule has 0 fully saturated rings. The van der Waals surface area contributed by atoms with Gasteiger partial charge in [-0.3, -0.25) is 4.79 Å². The van der Waals surface area contributed by atoms with Crippen LogP contribution >= 0.6 is 0 Å². The summed E-state index contributed by atoms with van der Waals surface area (Å²) in [6, 6.07) is 12.8. The van der Waals surface area contributed by atoms with Crippen molar-refractivity contribution in [3.8, 4) is 0 Å². The molecule has 1 N–H and O–H groups in total. The van der Waals surface area contributed by atoms with Gasteiger partial charge in [0, 0.05) is 10.9 Å². The van der Waals surface area contributed by atoms with Crippen LogP contribution in [-0.2, 0) is 0 Å². The maximum absolute atomic E-state index is 12.2. The van der Waals surface area contributed by atoms with Gasteiger partial charge in [0.2, 0.25) is 0 Å². The van der Waals surface area contributed by atoms with E-state index >= 15 is 0 Å². The van der Waals surface area contributed by atoms with E-state index in [9.17, 15) is 14.4 Å². The molecule has 0 aliphatic rings. The smallest absolute Gasteiger partial charge is 0.343 e. The molecule has 1 heterocycles. The van der Waals surface area contributed by atoms with Crippen molar-refractivity contribution in [3.05, 3.63) is 87.3 Å². The second-order valence-electron chi connectivity index (χ2n) is 5.61. The third-order valence-corrected chi connectivity index (χ3v) is 3.75. The lowest BCUT2D eigenvalue weighted by Gasteiger charge is -2.00. The van der Waals surface area contributed by atoms with Gasteiger partial charge in [-0.2, -0.15) is 0 Å². The number of aryl methyl sites for hydroxylation is 1. The van der Waals surface area contributed by atoms with Crippen molar-refractivity contribution in [1.29, 1.82) is 0 Å². The Morgan fingerprint density at radius 2 is 1.68 bits per heavy atom. The zero-order valence-corrected chi connectivity index (χ0v) is 13.4. The summed E-state index contributed by atoms with van der Waals surface area (Å²) in [5, 5.41) is 9.62. The molecule has 124 valence electrons. The van der Waals surface area contributed by atoms with E-state index in [0.29, 0.717) is 11.1 Å². The molecule has 25 heavy (non-hydrogen) atoms. The zero-order valence-electron chi connectivity index (χ0n) is 13.4. The quantitative estimate of drug-likeness (QED) is 0.447. The first-order valence-corrected chi connectivity index (χ1v) is 7.54. The van der Waals surface area contributed by atoms with Gasteiger partial charge in [0.1, 0.15) is 5.58 Å². The molecule has 1 aromatic heterocycles. The molecule has 0 radical (unpaired) electrons. The molecule has 0 bridgehead atoms. The first-order chi connectivity index (χ1) is 11.9. The van der Waals surface area contributed by atoms with Crippen LogP contribution in [0.2, 0.25) is 0 Å². The van der Waals surface area contributed by atoms with Gasteiger partial charge in [-0.25, -0.2) is 9.59 Å². The fraction of sp³-hybridized carbons (Fsp3) is 0.0500. The SMILES string of the molecule is Cc1ccc2cc(/C=C/C(=O)c3ccc(C(=O)O)cc3)c(=O)oc2c1. The molecule has 0 aliphatic carbocycles. The summed E-state index contributed by atoms with van der Waals surface area (Å²) in [5.41, 5.74) is 1.67. The molecule has 5 nitrogen and oxygen atoms in total. The van der Waals surface area contributed by atoms with Crippen LogP contribution in [0.3, 0.4) is 0 Å². The lowest BCUT2D eigenvalue weighted by Crippen LogP contribution is -2.03. The Bertz CT molecular complexity index is 1060. The second kappa shape index (κ2) is 6.57. The van der Waals surface area contributed by atoms with Crippen LogP contribution in [0, 0.1) is 6.92 Å². The third-order valence-electron chi connectivity index (χ3n) is 3.75. The van der Waals surface area contributed by atoms with E-state index in [1.54, 1.807) is 12.1 Å². The highest BCUT2D eigenvalue weighted by atomic mass is 16.4. The number of carboxylic acid groups (broad SMARTS) is 1. The first-order valence-electron chi connectivity index (χ1n) is 7.54. The molecule has 0 aliphatic heterocycles. The fourth-order valence-corrected chi connectivity index (χ4v) is 2.39. The molecule has 3 aromatic rings. The van der Waals surface area contributed by atoms with Crippen molar-refractivity contribution in [2.45, 2.75) is 6.92 Å². The second-order valence-corrected chi connectivity index (χ2v) is 5.61. The lowest BCUT2D eigenvalue weighted by molar-refractivity contribution is 0.0696. The standard InChI is InChI=1S/C20H14O5/c1-12-2-3-15-11-16(20(24)25-18(15)10-12)8-9-17(21)13-4-6-14(7-5-13)19(22)23/h2-11H,1H3,(H,22,23)/b9-8+. The van der Waals surface area contributed by atoms with Gasteiger partial charge in [0.05, 0.1) is 11.1 Å². The van der Waals surface area contributed by atoms with Crippen molar-refractivity contribution >= 4 is 28.8 Å². The summed E-state index contributed by atoms with van der Waals surface area (Å²) in [5.74, 6) is -1.39. The third kappa shape index (κ3) is 3.55. The number of carbonyl (C=O) groups excluding carboxylic acids is 1. The number of carbonyl (C=O) groups is 2. The summed E-state index contributed by atoms with van der Waals surface area (Å²) >= 11 is 0. The Balaban J connectivity index is 1.88. The zero-order chi connectivity index (χ0) is 18.0. The number of rotatable bonds is 4. The van der Waals surface area contributed by atoms with E-state index in [2.05, 4.69) is 0 Å². The van der Waals surface area contributed by atoms with Gasteiger partial charge in [-0.05, 0) is 48.9 Å². The summed E-state index contributed by atoms with van der Waals surface area (Å²) in [6.07, 6.45) is 2.67. The molecular weight excluding hydrogens is 320 g/mol. The largest absolute Gasteiger partial charge is 0.478 e. The van der Waals surface area contributed by atoms with Crippen LogP contribution in [0.25, 0.3) is 17.0 Å².